The summed E-state index contributed by atoms with van der Waals surface area (Å²) < 4.78 is 6.11. The Balaban J connectivity index is 1.81. The molecule has 1 aliphatic rings. The Morgan fingerprint density at radius 1 is 1.10 bits per heavy atom. The van der Waals surface area contributed by atoms with Gasteiger partial charge in [-0.15, -0.1) is 0 Å². The fourth-order valence-corrected chi connectivity index (χ4v) is 2.92. The lowest BCUT2D eigenvalue weighted by Crippen LogP contribution is -2.36. The van der Waals surface area contributed by atoms with Gasteiger partial charge in [0.05, 0.1) is 6.61 Å². The van der Waals surface area contributed by atoms with Crippen LogP contribution in [0.1, 0.15) is 44.8 Å². The molecular formula is C17H26N4O8. The van der Waals surface area contributed by atoms with Crippen LogP contribution in [0.4, 0.5) is 5.95 Å². The SMILES string of the molecule is O=C(CO)CCCCCCC(=O)Nc1ncn([C@@H]2O[C@H](CO)[C@@H](O)[C@H]2O)c(=O)n1. The van der Waals surface area contributed by atoms with E-state index in [1.165, 1.54) is 0 Å². The lowest BCUT2D eigenvalue weighted by molar-refractivity contribution is -0.122. The number of hydrogen-bond donors (Lipinski definition) is 5. The van der Waals surface area contributed by atoms with E-state index in [-0.39, 0.29) is 24.1 Å². The lowest BCUT2D eigenvalue weighted by atomic mass is 10.1. The average molecular weight is 414 g/mol. The average Bonchev–Trinajstić information content (AvgIpc) is 2.98. The van der Waals surface area contributed by atoms with Gasteiger partial charge in [-0.05, 0) is 12.8 Å². The Morgan fingerprint density at radius 2 is 1.79 bits per heavy atom. The molecule has 162 valence electrons. The highest BCUT2D eigenvalue weighted by atomic mass is 16.6. The van der Waals surface area contributed by atoms with Crippen molar-refractivity contribution in [1.82, 2.24) is 14.5 Å². The van der Waals surface area contributed by atoms with Gasteiger partial charge in [-0.1, -0.05) is 12.8 Å². The number of ketones is 1. The molecule has 2 heterocycles. The number of aliphatic hydroxyl groups is 4. The Hall–Kier alpha value is -2.25. The maximum Gasteiger partial charge on any atom is 0.354 e. The minimum atomic E-state index is -1.44. The van der Waals surface area contributed by atoms with E-state index in [2.05, 4.69) is 15.3 Å². The molecule has 2 rings (SSSR count). The summed E-state index contributed by atoms with van der Waals surface area (Å²) in [7, 11) is 0. The number of aromatic nitrogens is 3. The van der Waals surface area contributed by atoms with E-state index in [0.29, 0.717) is 19.3 Å². The summed E-state index contributed by atoms with van der Waals surface area (Å²) in [6.07, 6.45) is -0.821. The zero-order chi connectivity index (χ0) is 21.4. The number of carbonyl (C=O) groups is 2. The van der Waals surface area contributed by atoms with E-state index in [4.69, 9.17) is 14.9 Å². The van der Waals surface area contributed by atoms with E-state index in [1.54, 1.807) is 0 Å². The van der Waals surface area contributed by atoms with E-state index < -0.39 is 43.4 Å². The number of carbonyl (C=O) groups excluding carboxylic acids is 2. The molecule has 0 aromatic carbocycles. The summed E-state index contributed by atoms with van der Waals surface area (Å²) in [5.41, 5.74) is -0.848. The topological polar surface area (TPSA) is 184 Å². The van der Waals surface area contributed by atoms with Crippen molar-refractivity contribution in [2.75, 3.05) is 18.5 Å². The summed E-state index contributed by atoms with van der Waals surface area (Å²) in [6.45, 7) is -0.980. The van der Waals surface area contributed by atoms with Crippen molar-refractivity contribution in [3.8, 4) is 0 Å². The molecule has 1 fully saturated rings. The molecule has 29 heavy (non-hydrogen) atoms. The first-order chi connectivity index (χ1) is 13.9. The Kier molecular flexibility index (Phi) is 8.79. The van der Waals surface area contributed by atoms with Gasteiger partial charge in [0, 0.05) is 12.8 Å². The third-order valence-electron chi connectivity index (χ3n) is 4.56. The number of amides is 1. The zero-order valence-corrected chi connectivity index (χ0v) is 15.8. The van der Waals surface area contributed by atoms with Crippen LogP contribution in [-0.4, -0.2) is 78.2 Å². The van der Waals surface area contributed by atoms with Crippen molar-refractivity contribution in [1.29, 1.82) is 0 Å². The third kappa shape index (κ3) is 6.37. The normalized spacial score (nSPS) is 23.9. The van der Waals surface area contributed by atoms with Crippen molar-refractivity contribution < 1.29 is 34.8 Å². The van der Waals surface area contributed by atoms with Gasteiger partial charge < -0.3 is 25.2 Å². The summed E-state index contributed by atoms with van der Waals surface area (Å²) in [5, 5.41) is 39.8. The van der Waals surface area contributed by atoms with Crippen LogP contribution < -0.4 is 11.0 Å². The Labute approximate surface area is 166 Å². The maximum absolute atomic E-state index is 12.1. The van der Waals surface area contributed by atoms with Gasteiger partial charge in [0.1, 0.15) is 31.2 Å². The molecule has 0 radical (unpaired) electrons. The zero-order valence-electron chi connectivity index (χ0n) is 15.8. The summed E-state index contributed by atoms with van der Waals surface area (Å²) in [6, 6.07) is 0. The maximum atomic E-state index is 12.1. The van der Waals surface area contributed by atoms with Crippen LogP contribution in [0.5, 0.6) is 0 Å². The second kappa shape index (κ2) is 11.1. The van der Waals surface area contributed by atoms with Gasteiger partial charge in [-0.3, -0.25) is 19.5 Å². The largest absolute Gasteiger partial charge is 0.394 e. The van der Waals surface area contributed by atoms with Gasteiger partial charge in [-0.2, -0.15) is 4.98 Å². The monoisotopic (exact) mass is 414 g/mol. The van der Waals surface area contributed by atoms with Crippen molar-refractivity contribution in [2.45, 2.75) is 63.1 Å². The molecule has 12 heteroatoms. The number of anilines is 1. The van der Waals surface area contributed by atoms with E-state index in [9.17, 15) is 24.6 Å². The van der Waals surface area contributed by atoms with Crippen LogP contribution in [0, 0.1) is 0 Å². The summed E-state index contributed by atoms with van der Waals surface area (Å²) in [4.78, 5) is 42.5. The predicted octanol–water partition coefficient (Wildman–Crippen LogP) is -1.91. The fraction of sp³-hybridized carbons (Fsp3) is 0.706. The molecule has 0 saturated carbocycles. The van der Waals surface area contributed by atoms with Gasteiger partial charge in [-0.25, -0.2) is 9.78 Å². The third-order valence-corrected chi connectivity index (χ3v) is 4.56. The molecule has 1 amide bonds. The van der Waals surface area contributed by atoms with Gasteiger partial charge >= 0.3 is 5.69 Å². The van der Waals surface area contributed by atoms with Crippen molar-refractivity contribution in [3.05, 3.63) is 16.8 Å². The van der Waals surface area contributed by atoms with Gasteiger partial charge in [0.15, 0.2) is 12.0 Å². The molecule has 12 nitrogen and oxygen atoms in total. The van der Waals surface area contributed by atoms with E-state index in [0.717, 1.165) is 23.7 Å². The quantitative estimate of drug-likeness (QED) is 0.256. The Morgan fingerprint density at radius 3 is 2.38 bits per heavy atom. The van der Waals surface area contributed by atoms with E-state index >= 15 is 0 Å². The van der Waals surface area contributed by atoms with Crippen molar-refractivity contribution in [2.24, 2.45) is 0 Å². The molecule has 4 atom stereocenters. The van der Waals surface area contributed by atoms with Crippen molar-refractivity contribution in [3.63, 3.8) is 0 Å². The highest BCUT2D eigenvalue weighted by Crippen LogP contribution is 2.27. The second-order valence-corrected chi connectivity index (χ2v) is 6.76. The molecule has 0 aliphatic carbocycles. The van der Waals surface area contributed by atoms with Crippen LogP contribution >= 0.6 is 0 Å². The number of aliphatic hydroxyl groups excluding tert-OH is 4. The van der Waals surface area contributed by atoms with Crippen molar-refractivity contribution >= 4 is 17.6 Å². The first-order valence-corrected chi connectivity index (χ1v) is 9.37. The smallest absolute Gasteiger partial charge is 0.354 e. The number of unbranched alkanes of at least 4 members (excludes halogenated alkanes) is 3. The molecular weight excluding hydrogens is 388 g/mol. The molecule has 1 saturated heterocycles. The minimum Gasteiger partial charge on any atom is -0.394 e. The van der Waals surface area contributed by atoms with Crippen LogP contribution in [0.15, 0.2) is 11.1 Å². The van der Waals surface area contributed by atoms with E-state index in [1.807, 2.05) is 0 Å². The number of Topliss-reactive ketones (excluding diaryl/α,β-unsaturated/α-hetero) is 1. The molecule has 0 bridgehead atoms. The number of hydrogen-bond acceptors (Lipinski definition) is 10. The first kappa shape index (κ1) is 23.0. The van der Waals surface area contributed by atoms with Crippen LogP contribution in [0.3, 0.4) is 0 Å². The molecule has 1 aliphatic heterocycles. The second-order valence-electron chi connectivity index (χ2n) is 6.76. The number of ether oxygens (including phenoxy) is 1. The highest BCUT2D eigenvalue weighted by molar-refractivity contribution is 5.88. The molecule has 0 spiro atoms. The number of nitrogens with one attached hydrogen (secondary N) is 1. The molecule has 1 aromatic heterocycles. The summed E-state index contributed by atoms with van der Waals surface area (Å²) in [5.74, 6) is -0.774. The number of rotatable bonds is 11. The summed E-state index contributed by atoms with van der Waals surface area (Å²) >= 11 is 0. The predicted molar refractivity (Wildman–Crippen MR) is 97.7 cm³/mol. The molecule has 1 aromatic rings. The fourth-order valence-electron chi connectivity index (χ4n) is 2.92. The van der Waals surface area contributed by atoms with Gasteiger partial charge in [0.2, 0.25) is 11.9 Å². The lowest BCUT2D eigenvalue weighted by Gasteiger charge is -2.16. The number of nitrogens with zero attached hydrogens (tertiary/aromatic N) is 3. The molecule has 0 unspecified atom stereocenters. The standard InChI is InChI=1S/C17H26N4O8/c22-7-10(24)5-3-1-2-4-6-12(25)19-16-18-9-21(17(28)20-16)15-14(27)13(26)11(8-23)29-15/h9,11,13-15,22-23,26-27H,1-8H2,(H,19,20,25,28)/t11-,13-,14-,15-/m1/s1. The minimum absolute atomic E-state index is 0.190. The Bertz CT molecular complexity index is 755. The van der Waals surface area contributed by atoms with Crippen LogP contribution in [0.25, 0.3) is 0 Å². The van der Waals surface area contributed by atoms with Crippen LogP contribution in [-0.2, 0) is 14.3 Å². The van der Waals surface area contributed by atoms with Gasteiger partial charge in [0.25, 0.3) is 0 Å². The first-order valence-electron chi connectivity index (χ1n) is 9.37. The molecule has 5 N–H and O–H groups in total. The van der Waals surface area contributed by atoms with Crippen LogP contribution in [0.2, 0.25) is 0 Å². The highest BCUT2D eigenvalue weighted by Gasteiger charge is 2.43.